The highest BCUT2D eigenvalue weighted by Gasteiger charge is 2.30. The topological polar surface area (TPSA) is 9.23 Å². The minimum Gasteiger partial charge on any atom is -0.396 e. The van der Waals surface area contributed by atoms with Gasteiger partial charge in [-0.15, -0.1) is 6.58 Å². The summed E-state index contributed by atoms with van der Waals surface area (Å²) in [5.74, 6) is 0. The Bertz CT molecular complexity index is 167. The maximum absolute atomic E-state index is 6.16. The summed E-state index contributed by atoms with van der Waals surface area (Å²) in [5.41, 5.74) is 0. The van der Waals surface area contributed by atoms with Gasteiger partial charge in [0.05, 0.1) is 0 Å². The van der Waals surface area contributed by atoms with Crippen LogP contribution in [0.2, 0.25) is 6.04 Å². The summed E-state index contributed by atoms with van der Waals surface area (Å²) in [6.45, 7) is 3.78. The van der Waals surface area contributed by atoms with E-state index in [4.69, 9.17) is 4.43 Å². The van der Waals surface area contributed by atoms with Gasteiger partial charge in [0.1, 0.15) is 0 Å². The molecule has 0 aliphatic heterocycles. The first kappa shape index (κ1) is 12.4. The molecule has 0 spiro atoms. The van der Waals surface area contributed by atoms with Crippen molar-refractivity contribution in [2.45, 2.75) is 44.3 Å². The highest BCUT2D eigenvalue weighted by molar-refractivity contribution is 14.3. The largest absolute Gasteiger partial charge is 0.396 e. The predicted octanol–water partition coefficient (Wildman–Crippen LogP) is 4.33. The van der Waals surface area contributed by atoms with Crippen molar-refractivity contribution >= 4 is 46.9 Å². The molecule has 0 aromatic carbocycles. The van der Waals surface area contributed by atoms with E-state index in [-0.39, 0.29) is 0 Å². The minimum absolute atomic E-state index is 0.550. The van der Waals surface area contributed by atoms with Crippen molar-refractivity contribution in [1.29, 1.82) is 0 Å². The molecule has 13 heavy (non-hydrogen) atoms. The first-order valence-electron chi connectivity index (χ1n) is 4.80. The van der Waals surface area contributed by atoms with Crippen LogP contribution in [0.1, 0.15) is 32.1 Å². The van der Waals surface area contributed by atoms with E-state index in [9.17, 15) is 0 Å². The molecule has 0 radical (unpaired) electrons. The Morgan fingerprint density at radius 1 is 1.31 bits per heavy atom. The molecule has 1 fully saturated rings. The van der Waals surface area contributed by atoms with E-state index in [1.165, 1.54) is 32.1 Å². The van der Waals surface area contributed by atoms with Gasteiger partial charge in [-0.25, -0.2) is 0 Å². The molecule has 0 amide bonds. The molecule has 0 unspecified atom stereocenters. The zero-order valence-corrected chi connectivity index (χ0v) is 13.1. The first-order chi connectivity index (χ1) is 6.14. The van der Waals surface area contributed by atoms with Crippen LogP contribution < -0.4 is 0 Å². The van der Waals surface area contributed by atoms with Crippen molar-refractivity contribution in [2.24, 2.45) is 0 Å². The van der Waals surface area contributed by atoms with Crippen LogP contribution in [0.4, 0.5) is 0 Å². The fourth-order valence-electron chi connectivity index (χ4n) is 1.64. The van der Waals surface area contributed by atoms with Gasteiger partial charge in [0.25, 0.3) is 0 Å². The van der Waals surface area contributed by atoms with Gasteiger partial charge in [-0.1, -0.05) is 68.9 Å². The predicted molar refractivity (Wildman–Crippen MR) is 76.8 cm³/mol. The van der Waals surface area contributed by atoms with Crippen molar-refractivity contribution in [3.05, 3.63) is 12.7 Å². The Morgan fingerprint density at radius 2 is 1.92 bits per heavy atom. The summed E-state index contributed by atoms with van der Waals surface area (Å²) in [5, 5.41) is 0. The monoisotopic (exact) mass is 422 g/mol. The Kier molecular flexibility index (Phi) is 5.81. The van der Waals surface area contributed by atoms with Crippen LogP contribution in [-0.2, 0) is 4.43 Å². The second-order valence-corrected chi connectivity index (χ2v) is 22.1. The van der Waals surface area contributed by atoms with E-state index < -0.39 is 3.31 Å². The molecular weight excluding hydrogens is 406 g/mol. The Labute approximate surface area is 107 Å². The summed E-state index contributed by atoms with van der Waals surface area (Å²) in [7, 11) is 0. The molecular formula is C9H16I2OSi. The summed E-state index contributed by atoms with van der Waals surface area (Å²) in [6.07, 6.45) is 9.21. The SMILES string of the molecule is C=CC[Si](I)(I)OC1CCCCC1. The minimum atomic E-state index is -1.47. The molecule has 0 saturated heterocycles. The second kappa shape index (κ2) is 6.07. The lowest BCUT2D eigenvalue weighted by Crippen LogP contribution is -2.30. The molecule has 1 aliphatic rings. The number of hydrogen-bond donors (Lipinski definition) is 0. The zero-order valence-electron chi connectivity index (χ0n) is 7.77. The van der Waals surface area contributed by atoms with Crippen LogP contribution in [-0.4, -0.2) is 9.41 Å². The maximum Gasteiger partial charge on any atom is 0.329 e. The average Bonchev–Trinajstić information content (AvgIpc) is 2.04. The lowest BCUT2D eigenvalue weighted by Gasteiger charge is -2.28. The van der Waals surface area contributed by atoms with Gasteiger partial charge < -0.3 is 4.43 Å². The van der Waals surface area contributed by atoms with Crippen molar-refractivity contribution < 1.29 is 4.43 Å². The molecule has 1 nitrogen and oxygen atoms in total. The Morgan fingerprint density at radius 3 is 2.46 bits per heavy atom. The fraction of sp³-hybridized carbons (Fsp3) is 0.778. The van der Waals surface area contributed by atoms with E-state index in [2.05, 4.69) is 50.2 Å². The van der Waals surface area contributed by atoms with Gasteiger partial charge in [-0.05, 0) is 12.8 Å². The highest BCUT2D eigenvalue weighted by atomic mass is 127. The van der Waals surface area contributed by atoms with Gasteiger partial charge in [0, 0.05) is 12.1 Å². The first-order valence-corrected chi connectivity index (χ1v) is 13.1. The lowest BCUT2D eigenvalue weighted by molar-refractivity contribution is 0.160. The van der Waals surface area contributed by atoms with E-state index in [1.54, 1.807) is 0 Å². The number of allylic oxidation sites excluding steroid dienone is 1. The Hall–Kier alpha value is 1.38. The third-order valence-corrected chi connectivity index (χ3v) is 7.88. The van der Waals surface area contributed by atoms with Gasteiger partial charge in [-0.2, -0.15) is 0 Å². The van der Waals surface area contributed by atoms with E-state index >= 15 is 0 Å². The van der Waals surface area contributed by atoms with Crippen LogP contribution >= 0.6 is 43.6 Å². The van der Waals surface area contributed by atoms with Crippen LogP contribution in [0.25, 0.3) is 0 Å². The number of halogens is 2. The van der Waals surface area contributed by atoms with Crippen molar-refractivity contribution in [2.75, 3.05) is 0 Å². The molecule has 0 N–H and O–H groups in total. The molecule has 0 aromatic heterocycles. The van der Waals surface area contributed by atoms with E-state index in [1.807, 2.05) is 6.08 Å². The standard InChI is InChI=1S/C9H16I2OSi/c1-2-8-13(10,11)12-9-6-4-3-5-7-9/h2,9H,1,3-8H2. The third-order valence-electron chi connectivity index (χ3n) is 2.27. The zero-order chi connectivity index (χ0) is 9.73. The highest BCUT2D eigenvalue weighted by Crippen LogP contribution is 2.33. The molecule has 0 heterocycles. The maximum atomic E-state index is 6.16. The van der Waals surface area contributed by atoms with Crippen molar-refractivity contribution in [3.63, 3.8) is 0 Å². The molecule has 0 bridgehead atoms. The van der Waals surface area contributed by atoms with Gasteiger partial charge >= 0.3 is 3.31 Å². The van der Waals surface area contributed by atoms with Gasteiger partial charge in [0.2, 0.25) is 0 Å². The molecule has 0 atom stereocenters. The van der Waals surface area contributed by atoms with Crippen LogP contribution in [0.15, 0.2) is 12.7 Å². The fourth-order valence-corrected chi connectivity index (χ4v) is 6.82. The molecule has 76 valence electrons. The lowest BCUT2D eigenvalue weighted by atomic mass is 9.98. The number of rotatable bonds is 4. The normalized spacial score (nSPS) is 20.2. The van der Waals surface area contributed by atoms with Crippen LogP contribution in [0.5, 0.6) is 0 Å². The third kappa shape index (κ3) is 5.13. The van der Waals surface area contributed by atoms with Crippen LogP contribution in [0, 0.1) is 0 Å². The van der Waals surface area contributed by atoms with Gasteiger partial charge in [0.15, 0.2) is 0 Å². The molecule has 1 rings (SSSR count). The summed E-state index contributed by atoms with van der Waals surface area (Å²) < 4.78 is 4.69. The Balaban J connectivity index is 2.32. The molecule has 1 saturated carbocycles. The molecule has 1 aliphatic carbocycles. The quantitative estimate of drug-likeness (QED) is 0.284. The van der Waals surface area contributed by atoms with Crippen molar-refractivity contribution in [1.82, 2.24) is 0 Å². The smallest absolute Gasteiger partial charge is 0.329 e. The number of hydrogen-bond acceptors (Lipinski definition) is 1. The molecule has 0 aromatic rings. The summed E-state index contributed by atoms with van der Waals surface area (Å²) >= 11 is 5.02. The summed E-state index contributed by atoms with van der Waals surface area (Å²) in [6, 6.07) is 1.06. The van der Waals surface area contributed by atoms with E-state index in [0.29, 0.717) is 6.10 Å². The van der Waals surface area contributed by atoms with E-state index in [0.717, 1.165) is 6.04 Å². The summed E-state index contributed by atoms with van der Waals surface area (Å²) in [4.78, 5) is 0. The van der Waals surface area contributed by atoms with Gasteiger partial charge in [-0.3, -0.25) is 0 Å². The average molecular weight is 422 g/mol. The second-order valence-electron chi connectivity index (χ2n) is 3.51. The molecule has 4 heteroatoms. The van der Waals surface area contributed by atoms with Crippen LogP contribution in [0.3, 0.4) is 0 Å². The van der Waals surface area contributed by atoms with Crippen molar-refractivity contribution in [3.8, 4) is 0 Å².